The SMILES string of the molecule is COc1ccc(S(=O)(=O)NC2CC2)cc1NC(=O)c1c(-c2ccccc2)noc1C. The maximum Gasteiger partial charge on any atom is 0.261 e. The lowest BCUT2D eigenvalue weighted by molar-refractivity contribution is 0.102. The number of amides is 1. The molecule has 0 aliphatic heterocycles. The van der Waals surface area contributed by atoms with E-state index in [1.165, 1.54) is 25.3 Å². The van der Waals surface area contributed by atoms with Crippen LogP contribution in [-0.2, 0) is 10.0 Å². The average Bonchev–Trinajstić information content (AvgIpc) is 3.45. The van der Waals surface area contributed by atoms with Gasteiger partial charge in [-0.1, -0.05) is 35.5 Å². The summed E-state index contributed by atoms with van der Waals surface area (Å²) in [5.74, 6) is 0.212. The Morgan fingerprint density at radius 3 is 2.57 bits per heavy atom. The summed E-state index contributed by atoms with van der Waals surface area (Å²) in [6, 6.07) is 13.5. The quantitative estimate of drug-likeness (QED) is 0.598. The van der Waals surface area contributed by atoms with Gasteiger partial charge in [0.1, 0.15) is 22.8 Å². The highest BCUT2D eigenvalue weighted by Crippen LogP contribution is 2.31. The number of carbonyl (C=O) groups is 1. The second-order valence-corrected chi connectivity index (χ2v) is 8.75. The van der Waals surface area contributed by atoms with Crippen molar-refractivity contribution >= 4 is 21.6 Å². The summed E-state index contributed by atoms with van der Waals surface area (Å²) < 4.78 is 38.3. The van der Waals surface area contributed by atoms with Crippen molar-refractivity contribution in [3.8, 4) is 17.0 Å². The zero-order chi connectivity index (χ0) is 21.3. The molecule has 1 amide bonds. The van der Waals surface area contributed by atoms with Gasteiger partial charge in [-0.2, -0.15) is 0 Å². The Bertz CT molecular complexity index is 1180. The smallest absolute Gasteiger partial charge is 0.261 e. The molecule has 0 saturated heterocycles. The normalized spacial score (nSPS) is 13.8. The van der Waals surface area contributed by atoms with E-state index >= 15 is 0 Å². The van der Waals surface area contributed by atoms with Crippen LogP contribution in [0.2, 0.25) is 0 Å². The molecule has 1 aliphatic carbocycles. The fraction of sp³-hybridized carbons (Fsp3) is 0.238. The molecule has 1 heterocycles. The van der Waals surface area contributed by atoms with Crippen LogP contribution in [0, 0.1) is 6.92 Å². The van der Waals surface area contributed by atoms with Crippen molar-refractivity contribution in [3.63, 3.8) is 0 Å². The van der Waals surface area contributed by atoms with Gasteiger partial charge in [-0.15, -0.1) is 0 Å². The zero-order valence-corrected chi connectivity index (χ0v) is 17.3. The molecule has 2 aromatic carbocycles. The molecule has 30 heavy (non-hydrogen) atoms. The highest BCUT2D eigenvalue weighted by Gasteiger charge is 2.29. The van der Waals surface area contributed by atoms with E-state index < -0.39 is 15.9 Å². The van der Waals surface area contributed by atoms with E-state index in [1.54, 1.807) is 6.92 Å². The monoisotopic (exact) mass is 427 g/mol. The summed E-state index contributed by atoms with van der Waals surface area (Å²) in [4.78, 5) is 13.1. The largest absolute Gasteiger partial charge is 0.495 e. The maximum atomic E-state index is 13.1. The number of ether oxygens (including phenoxy) is 1. The highest BCUT2D eigenvalue weighted by molar-refractivity contribution is 7.89. The summed E-state index contributed by atoms with van der Waals surface area (Å²) in [7, 11) is -2.24. The van der Waals surface area contributed by atoms with Crippen LogP contribution in [-0.4, -0.2) is 32.6 Å². The highest BCUT2D eigenvalue weighted by atomic mass is 32.2. The molecule has 0 spiro atoms. The minimum absolute atomic E-state index is 0.0248. The van der Waals surface area contributed by atoms with Crippen LogP contribution in [0.25, 0.3) is 11.3 Å². The molecule has 0 unspecified atom stereocenters. The van der Waals surface area contributed by atoms with E-state index in [-0.39, 0.29) is 22.2 Å². The molecular weight excluding hydrogens is 406 g/mol. The minimum atomic E-state index is -3.68. The molecule has 0 bridgehead atoms. The molecule has 8 nitrogen and oxygen atoms in total. The molecule has 0 atom stereocenters. The van der Waals surface area contributed by atoms with E-state index in [0.717, 1.165) is 18.4 Å². The predicted octanol–water partition coefficient (Wildman–Crippen LogP) is 3.35. The number of benzene rings is 2. The van der Waals surface area contributed by atoms with E-state index in [1.807, 2.05) is 30.3 Å². The number of nitrogens with one attached hydrogen (secondary N) is 2. The predicted molar refractivity (Wildman–Crippen MR) is 111 cm³/mol. The first-order chi connectivity index (χ1) is 14.4. The zero-order valence-electron chi connectivity index (χ0n) is 16.5. The third-order valence-electron chi connectivity index (χ3n) is 4.77. The average molecular weight is 427 g/mol. The summed E-state index contributed by atoms with van der Waals surface area (Å²) in [5, 5.41) is 6.75. The Kier molecular flexibility index (Phi) is 5.31. The Balaban J connectivity index is 1.67. The van der Waals surface area contributed by atoms with Crippen molar-refractivity contribution in [2.24, 2.45) is 0 Å². The van der Waals surface area contributed by atoms with Gasteiger partial charge in [0.25, 0.3) is 5.91 Å². The first-order valence-corrected chi connectivity index (χ1v) is 10.9. The van der Waals surface area contributed by atoms with Crippen LogP contribution >= 0.6 is 0 Å². The van der Waals surface area contributed by atoms with Crippen molar-refractivity contribution in [1.82, 2.24) is 9.88 Å². The standard InChI is InChI=1S/C21H21N3O5S/c1-13-19(20(23-29-13)14-6-4-3-5-7-14)21(25)22-17-12-16(10-11-18(17)28-2)30(26,27)24-15-8-9-15/h3-7,10-12,15,24H,8-9H2,1-2H3,(H,22,25). The van der Waals surface area contributed by atoms with Gasteiger partial charge in [-0.25, -0.2) is 13.1 Å². The third-order valence-corrected chi connectivity index (χ3v) is 6.28. The first kappa shape index (κ1) is 20.1. The molecule has 2 N–H and O–H groups in total. The van der Waals surface area contributed by atoms with Crippen LogP contribution < -0.4 is 14.8 Å². The van der Waals surface area contributed by atoms with Gasteiger partial charge in [0.15, 0.2) is 0 Å². The Morgan fingerprint density at radius 2 is 1.90 bits per heavy atom. The van der Waals surface area contributed by atoms with Gasteiger partial charge < -0.3 is 14.6 Å². The van der Waals surface area contributed by atoms with E-state index in [9.17, 15) is 13.2 Å². The lowest BCUT2D eigenvalue weighted by Crippen LogP contribution is -2.26. The minimum Gasteiger partial charge on any atom is -0.495 e. The van der Waals surface area contributed by atoms with Gasteiger partial charge in [-0.3, -0.25) is 4.79 Å². The number of hydrogen-bond acceptors (Lipinski definition) is 6. The Morgan fingerprint density at radius 1 is 1.17 bits per heavy atom. The number of rotatable bonds is 7. The molecule has 1 fully saturated rings. The molecule has 156 valence electrons. The Hall–Kier alpha value is -3.17. The molecule has 4 rings (SSSR count). The number of hydrogen-bond donors (Lipinski definition) is 2. The molecule has 1 aliphatic rings. The number of anilines is 1. The van der Waals surface area contributed by atoms with Crippen molar-refractivity contribution in [3.05, 3.63) is 59.9 Å². The summed E-state index contributed by atoms with van der Waals surface area (Å²) in [5.41, 5.74) is 1.65. The second kappa shape index (κ2) is 7.92. The van der Waals surface area contributed by atoms with Crippen LogP contribution in [0.15, 0.2) is 57.9 Å². The van der Waals surface area contributed by atoms with Gasteiger partial charge in [0.05, 0.1) is 17.7 Å². The lowest BCUT2D eigenvalue weighted by atomic mass is 10.1. The molecule has 3 aromatic rings. The second-order valence-electron chi connectivity index (χ2n) is 7.04. The number of sulfonamides is 1. The molecule has 1 saturated carbocycles. The summed E-state index contributed by atoms with van der Waals surface area (Å²) >= 11 is 0. The third kappa shape index (κ3) is 4.07. The molecule has 9 heteroatoms. The van der Waals surface area contributed by atoms with Crippen molar-refractivity contribution in [2.75, 3.05) is 12.4 Å². The van der Waals surface area contributed by atoms with Crippen LogP contribution in [0.3, 0.4) is 0 Å². The van der Waals surface area contributed by atoms with Crippen LogP contribution in [0.4, 0.5) is 5.69 Å². The van der Waals surface area contributed by atoms with Crippen LogP contribution in [0.1, 0.15) is 29.0 Å². The number of aromatic nitrogens is 1. The fourth-order valence-corrected chi connectivity index (χ4v) is 4.39. The van der Waals surface area contributed by atoms with E-state index in [4.69, 9.17) is 9.26 Å². The van der Waals surface area contributed by atoms with Gasteiger partial charge in [0.2, 0.25) is 10.0 Å². The van der Waals surface area contributed by atoms with E-state index in [0.29, 0.717) is 17.2 Å². The first-order valence-electron chi connectivity index (χ1n) is 9.42. The van der Waals surface area contributed by atoms with Gasteiger partial charge in [0, 0.05) is 11.6 Å². The lowest BCUT2D eigenvalue weighted by Gasteiger charge is -2.13. The van der Waals surface area contributed by atoms with Crippen molar-refractivity contribution < 1.29 is 22.5 Å². The number of nitrogens with zero attached hydrogens (tertiary/aromatic N) is 1. The Labute approximate surface area is 174 Å². The number of carbonyl (C=O) groups excluding carboxylic acids is 1. The number of aryl methyl sites for hydroxylation is 1. The van der Waals surface area contributed by atoms with Crippen molar-refractivity contribution in [1.29, 1.82) is 0 Å². The summed E-state index contributed by atoms with van der Waals surface area (Å²) in [6.07, 6.45) is 1.65. The topological polar surface area (TPSA) is 111 Å². The molecule has 0 radical (unpaired) electrons. The number of methoxy groups -OCH3 is 1. The van der Waals surface area contributed by atoms with Crippen LogP contribution in [0.5, 0.6) is 5.75 Å². The summed E-state index contributed by atoms with van der Waals surface area (Å²) in [6.45, 7) is 1.64. The maximum absolute atomic E-state index is 13.1. The van der Waals surface area contributed by atoms with Gasteiger partial charge in [-0.05, 0) is 38.0 Å². The molecule has 1 aromatic heterocycles. The van der Waals surface area contributed by atoms with Crippen molar-refractivity contribution in [2.45, 2.75) is 30.7 Å². The van der Waals surface area contributed by atoms with E-state index in [2.05, 4.69) is 15.2 Å². The molecular formula is C21H21N3O5S. The fourth-order valence-electron chi connectivity index (χ4n) is 3.06. The van der Waals surface area contributed by atoms with Gasteiger partial charge >= 0.3 is 0 Å².